The predicted octanol–water partition coefficient (Wildman–Crippen LogP) is 8.49. The van der Waals surface area contributed by atoms with E-state index in [2.05, 4.69) is 103 Å². The van der Waals surface area contributed by atoms with E-state index in [0.29, 0.717) is 89.5 Å². The molecule has 0 saturated heterocycles. The molecule has 24 nitrogen and oxygen atoms in total. The lowest BCUT2D eigenvalue weighted by atomic mass is 9.62. The molecule has 0 fully saturated rings. The Morgan fingerprint density at radius 2 is 0.674 bits per heavy atom. The number of hydrogen-bond acceptors (Lipinski definition) is 16. The molecule has 3 aliphatic rings. The van der Waals surface area contributed by atoms with Gasteiger partial charge in [0.2, 0.25) is 0 Å². The number of aromatic nitrogens is 12. The van der Waals surface area contributed by atoms with Crippen molar-refractivity contribution in [3.8, 4) is 5.75 Å². The maximum Gasteiger partial charge on any atom is 0.335 e. The first kappa shape index (κ1) is 67.2. The summed E-state index contributed by atoms with van der Waals surface area (Å²) in [5.74, 6) is 1.92. The molecule has 0 aliphatic heterocycles. The first-order chi connectivity index (χ1) is 45.2. The van der Waals surface area contributed by atoms with Crippen LogP contribution in [0.4, 0.5) is 0 Å². The quantitative estimate of drug-likeness (QED) is 0.0659. The van der Waals surface area contributed by atoms with Gasteiger partial charge in [-0.25, -0.2) is 4.79 Å². The van der Waals surface area contributed by atoms with Crippen molar-refractivity contribution in [2.75, 3.05) is 56.4 Å². The zero-order valence-corrected chi connectivity index (χ0v) is 56.1. The van der Waals surface area contributed by atoms with Crippen LogP contribution in [0.15, 0.2) is 109 Å². The summed E-state index contributed by atoms with van der Waals surface area (Å²) in [6.07, 6.45) is 3.96. The van der Waals surface area contributed by atoms with E-state index in [1.165, 1.54) is 0 Å². The lowest BCUT2D eigenvalue weighted by Gasteiger charge is -2.40. The molecule has 3 heterocycles. The molecule has 0 saturated carbocycles. The highest BCUT2D eigenvalue weighted by atomic mass is 16.5. The molecule has 1 atom stereocenters. The topological polar surface area (TPSA) is 308 Å². The molecule has 24 heteroatoms. The van der Waals surface area contributed by atoms with Crippen molar-refractivity contribution in [2.45, 2.75) is 96.3 Å². The zero-order chi connectivity index (χ0) is 68.4. The molecule has 0 spiro atoms. The number of benzene rings is 6. The summed E-state index contributed by atoms with van der Waals surface area (Å²) in [5.41, 5.74) is 13.0. The largest absolute Gasteiger partial charge is 0.478 e. The fourth-order valence-corrected chi connectivity index (χ4v) is 14.3. The normalized spacial score (nSPS) is 15.0. The van der Waals surface area contributed by atoms with E-state index in [-0.39, 0.29) is 35.1 Å². The number of fused-ring (bicyclic) bond motifs is 6. The van der Waals surface area contributed by atoms with Crippen LogP contribution in [-0.2, 0) is 40.3 Å². The van der Waals surface area contributed by atoms with Gasteiger partial charge in [0.15, 0.2) is 17.5 Å². The second kappa shape index (κ2) is 27.1. The number of carbonyl (C=O) groups is 6. The SMILES string of the molecule is CC(C)CC1(c2nn[nH]n2)c2ccc(C(=O)N(C)C)cc2Cc2cc(C(=O)N(C)C)ccc21.CC(C)CC1(c2nn[nH]n2)c2ccc(C(=O)N(C)C)cc2Cc2cc(C(=O)N(C)C)ccc21.CC(C)CC1(c2nn[nH]n2)c2ccc(OC=O)cc2Cc2cc(C(=O)O)ccc21. The van der Waals surface area contributed by atoms with Gasteiger partial charge >= 0.3 is 5.97 Å². The Bertz CT molecular complexity index is 4020. The van der Waals surface area contributed by atoms with E-state index in [9.17, 15) is 33.9 Å². The standard InChI is InChI=1S/2C25H30N6O2.C21H20N4O4/c2*1-15(2)14-25(24-26-28-29-27-24)20-9-7-16(22(32)30(3)4)11-18(20)13-19-12-17(8-10-21(19)25)23(33)31(5)6;1-12(2)10-21(20-22-24-25-23-20)17-5-3-13(19(27)28)7-14(17)8-15-9-16(29-11-26)4-6-18(15)21/h2*7-12,15H,13-14H2,1-6H3,(H,26,27,28,29);3-7,9,11-12H,8,10H2,1-2H3,(H,27,28)(H,22,23,24,25). The number of aromatic carboxylic acids is 1. The summed E-state index contributed by atoms with van der Waals surface area (Å²) in [7, 11) is 14.0. The Labute approximate surface area is 551 Å². The molecular formula is C71H80N16O8. The number of carboxylic acids is 1. The number of nitrogens with zero attached hydrogens (tertiary/aromatic N) is 13. The summed E-state index contributed by atoms with van der Waals surface area (Å²) in [4.78, 5) is 79.4. The number of aromatic amines is 3. The number of amides is 4. The van der Waals surface area contributed by atoms with E-state index in [1.807, 2.05) is 91.0 Å². The third-order valence-corrected chi connectivity index (χ3v) is 17.9. The van der Waals surface area contributed by atoms with Crippen LogP contribution in [0.25, 0.3) is 0 Å². The number of ether oxygens (including phenoxy) is 1. The Morgan fingerprint density at radius 1 is 0.421 bits per heavy atom. The first-order valence-corrected chi connectivity index (χ1v) is 31.5. The number of carboxylic acid groups (broad SMARTS) is 1. The molecule has 0 radical (unpaired) electrons. The fraction of sp³-hybridized carbons (Fsp3) is 0.366. The number of carbonyl (C=O) groups excluding carboxylic acids is 5. The van der Waals surface area contributed by atoms with Gasteiger partial charge in [-0.2, -0.15) is 15.6 Å². The number of nitrogens with one attached hydrogen (secondary N) is 3. The molecule has 6 aromatic carbocycles. The predicted molar refractivity (Wildman–Crippen MR) is 353 cm³/mol. The summed E-state index contributed by atoms with van der Waals surface area (Å²) in [6, 6.07) is 34.2. The average Bonchev–Trinajstić information content (AvgIpc) is 1.46. The second-order valence-corrected chi connectivity index (χ2v) is 26.7. The number of tetrazole rings is 3. The molecule has 4 amide bonds. The Morgan fingerprint density at radius 3 is 0.905 bits per heavy atom. The zero-order valence-electron chi connectivity index (χ0n) is 56.1. The fourth-order valence-electron chi connectivity index (χ4n) is 14.3. The van der Waals surface area contributed by atoms with Crippen LogP contribution < -0.4 is 4.74 Å². The van der Waals surface area contributed by atoms with Crippen molar-refractivity contribution in [1.29, 1.82) is 0 Å². The summed E-state index contributed by atoms with van der Waals surface area (Å²) >= 11 is 0. The van der Waals surface area contributed by atoms with Crippen LogP contribution in [-0.4, -0.2) is 179 Å². The van der Waals surface area contributed by atoms with E-state index < -0.39 is 22.2 Å². The Kier molecular flexibility index (Phi) is 19.2. The molecule has 492 valence electrons. The molecule has 3 aromatic heterocycles. The van der Waals surface area contributed by atoms with Crippen molar-refractivity contribution in [1.82, 2.24) is 81.5 Å². The third kappa shape index (κ3) is 12.7. The molecule has 3 aliphatic carbocycles. The van der Waals surface area contributed by atoms with E-state index in [4.69, 9.17) is 4.74 Å². The summed E-state index contributed by atoms with van der Waals surface area (Å²) < 4.78 is 5.04. The van der Waals surface area contributed by atoms with Crippen LogP contribution >= 0.6 is 0 Å². The van der Waals surface area contributed by atoms with Gasteiger partial charge in [-0.05, 0) is 196 Å². The van der Waals surface area contributed by atoms with Crippen LogP contribution in [0.2, 0.25) is 0 Å². The van der Waals surface area contributed by atoms with Crippen molar-refractivity contribution in [3.05, 3.63) is 221 Å². The molecule has 95 heavy (non-hydrogen) atoms. The lowest BCUT2D eigenvalue weighted by molar-refractivity contribution is -0.120. The molecule has 0 bridgehead atoms. The number of rotatable bonds is 16. The van der Waals surface area contributed by atoms with Crippen molar-refractivity contribution >= 4 is 36.1 Å². The maximum absolute atomic E-state index is 12.7. The van der Waals surface area contributed by atoms with Crippen LogP contribution in [0.1, 0.15) is 197 Å². The van der Waals surface area contributed by atoms with Crippen molar-refractivity contribution in [2.24, 2.45) is 17.8 Å². The Hall–Kier alpha value is -10.7. The molecular weight excluding hydrogens is 1200 g/mol. The lowest BCUT2D eigenvalue weighted by Crippen LogP contribution is -2.38. The smallest absolute Gasteiger partial charge is 0.335 e. The highest BCUT2D eigenvalue weighted by Gasteiger charge is 2.49. The minimum atomic E-state index is -0.981. The highest BCUT2D eigenvalue weighted by molar-refractivity contribution is 5.97. The van der Waals surface area contributed by atoms with Crippen molar-refractivity contribution in [3.63, 3.8) is 0 Å². The van der Waals surface area contributed by atoms with Crippen molar-refractivity contribution < 1.29 is 38.6 Å². The molecule has 9 aromatic rings. The highest BCUT2D eigenvalue weighted by Crippen LogP contribution is 2.53. The van der Waals surface area contributed by atoms with Crippen LogP contribution in [0, 0.1) is 17.8 Å². The molecule has 12 rings (SSSR count). The molecule has 1 unspecified atom stereocenters. The average molecular weight is 1290 g/mol. The van der Waals surface area contributed by atoms with E-state index in [0.717, 1.165) is 79.6 Å². The monoisotopic (exact) mass is 1280 g/mol. The van der Waals surface area contributed by atoms with Gasteiger partial charge in [-0.3, -0.25) is 24.0 Å². The van der Waals surface area contributed by atoms with Gasteiger partial charge in [0, 0.05) is 78.6 Å². The van der Waals surface area contributed by atoms with Gasteiger partial charge in [-0.15, -0.1) is 30.6 Å². The number of H-pyrrole nitrogens is 3. The van der Waals surface area contributed by atoms with Crippen LogP contribution in [0.3, 0.4) is 0 Å². The number of hydrogen-bond donors (Lipinski definition) is 4. The van der Waals surface area contributed by atoms with Gasteiger partial charge in [-0.1, -0.05) is 93.6 Å². The minimum Gasteiger partial charge on any atom is -0.478 e. The van der Waals surface area contributed by atoms with Gasteiger partial charge < -0.3 is 29.4 Å². The van der Waals surface area contributed by atoms with E-state index in [1.54, 1.807) is 94.2 Å². The van der Waals surface area contributed by atoms with E-state index >= 15 is 0 Å². The second-order valence-electron chi connectivity index (χ2n) is 26.7. The van der Waals surface area contributed by atoms with Gasteiger partial charge in [0.25, 0.3) is 30.1 Å². The van der Waals surface area contributed by atoms with Gasteiger partial charge in [0.1, 0.15) is 5.75 Å². The first-order valence-electron chi connectivity index (χ1n) is 31.5. The third-order valence-electron chi connectivity index (χ3n) is 17.9. The minimum absolute atomic E-state index is 0.0471. The Balaban J connectivity index is 0.000000156. The summed E-state index contributed by atoms with van der Waals surface area (Å²) in [6.45, 7) is 13.3. The van der Waals surface area contributed by atoms with Crippen LogP contribution in [0.5, 0.6) is 5.75 Å². The van der Waals surface area contributed by atoms with Gasteiger partial charge in [0.05, 0.1) is 21.8 Å². The maximum atomic E-state index is 12.7. The summed E-state index contributed by atoms with van der Waals surface area (Å²) in [5, 5.41) is 55.2. The molecule has 4 N–H and O–H groups in total.